The van der Waals surface area contributed by atoms with Gasteiger partial charge in [0.1, 0.15) is 11.2 Å². The molecule has 8 atom stereocenters. The number of carbonyl (C=O) groups is 1. The predicted octanol–water partition coefficient (Wildman–Crippen LogP) is 6.65. The van der Waals surface area contributed by atoms with Crippen molar-refractivity contribution in [3.63, 3.8) is 0 Å². The summed E-state index contributed by atoms with van der Waals surface area (Å²) >= 11 is 0. The molecule has 6 unspecified atom stereocenters. The third kappa shape index (κ3) is 4.66. The molecule has 8 rings (SSSR count). The summed E-state index contributed by atoms with van der Waals surface area (Å²) in [6.07, 6.45) is 5.23. The lowest BCUT2D eigenvalue weighted by Gasteiger charge is -2.64. The van der Waals surface area contributed by atoms with Crippen molar-refractivity contribution in [1.29, 1.82) is 0 Å². The van der Waals surface area contributed by atoms with Crippen molar-refractivity contribution in [2.24, 2.45) is 34.5 Å². The van der Waals surface area contributed by atoms with Crippen molar-refractivity contribution in [2.45, 2.75) is 151 Å². The van der Waals surface area contributed by atoms with Crippen LogP contribution in [0, 0.1) is 34.5 Å². The Kier molecular flexibility index (Phi) is 8.78. The van der Waals surface area contributed by atoms with Crippen LogP contribution in [-0.4, -0.2) is 57.8 Å². The van der Waals surface area contributed by atoms with Crippen LogP contribution in [0.5, 0.6) is 0 Å². The van der Waals surface area contributed by atoms with Gasteiger partial charge in [-0.1, -0.05) is 50.0 Å². The van der Waals surface area contributed by atoms with Gasteiger partial charge in [-0.2, -0.15) is 0 Å². The van der Waals surface area contributed by atoms with Crippen LogP contribution >= 0.6 is 0 Å². The van der Waals surface area contributed by atoms with Crippen LogP contribution in [0.1, 0.15) is 116 Å². The first-order valence-electron chi connectivity index (χ1n) is 13.6. The monoisotopic (exact) mass is 542 g/mol. The van der Waals surface area contributed by atoms with E-state index in [1.807, 2.05) is 27.7 Å². The van der Waals surface area contributed by atoms with Crippen molar-refractivity contribution in [3.8, 4) is 0 Å². The summed E-state index contributed by atoms with van der Waals surface area (Å²) in [6, 6.07) is 0. The van der Waals surface area contributed by atoms with Gasteiger partial charge in [-0.15, -0.1) is 0 Å². The van der Waals surface area contributed by atoms with Gasteiger partial charge in [-0.05, 0) is 87.9 Å². The van der Waals surface area contributed by atoms with Crippen molar-refractivity contribution < 1.29 is 34.0 Å². The summed E-state index contributed by atoms with van der Waals surface area (Å²) in [4.78, 5) is 11.3. The van der Waals surface area contributed by atoms with E-state index in [-0.39, 0.29) is 58.5 Å². The summed E-state index contributed by atoms with van der Waals surface area (Å²) in [5.41, 5.74) is -0.338. The largest absolute Gasteiger partial charge is 0.481 e. The molecule has 8 fully saturated rings. The molecule has 2 heterocycles. The third-order valence-corrected chi connectivity index (χ3v) is 10.9. The van der Waals surface area contributed by atoms with Crippen molar-refractivity contribution >= 4 is 5.97 Å². The van der Waals surface area contributed by atoms with Crippen LogP contribution < -0.4 is 0 Å². The van der Waals surface area contributed by atoms with E-state index in [0.29, 0.717) is 29.6 Å². The molecule has 2 saturated heterocycles. The Morgan fingerprint density at radius 1 is 0.711 bits per heavy atom. The van der Waals surface area contributed by atoms with Gasteiger partial charge in [-0.25, -0.2) is 0 Å². The van der Waals surface area contributed by atoms with Crippen molar-refractivity contribution in [2.75, 3.05) is 6.61 Å². The first-order chi connectivity index (χ1) is 16.0. The number of rotatable bonds is 4. The summed E-state index contributed by atoms with van der Waals surface area (Å²) in [5, 5.41) is 18.6. The maximum Gasteiger partial charge on any atom is 0.306 e. The lowest BCUT2D eigenvalue weighted by atomic mass is 9.43. The van der Waals surface area contributed by atoms with E-state index in [9.17, 15) is 15.0 Å². The fourth-order valence-electron chi connectivity index (χ4n) is 9.14. The molecule has 0 aromatic rings. The maximum absolute atomic E-state index is 11.3. The quantitative estimate of drug-likeness (QED) is 0.411. The smallest absolute Gasteiger partial charge is 0.306 e. The van der Waals surface area contributed by atoms with Crippen LogP contribution in [0.3, 0.4) is 0 Å². The Morgan fingerprint density at radius 2 is 1.11 bits per heavy atom. The number of hydrogen-bond acceptors (Lipinski definition) is 6. The van der Waals surface area contributed by atoms with Gasteiger partial charge in [0.25, 0.3) is 0 Å². The molecule has 2 N–H and O–H groups in total. The molecular weight excluding hydrogens is 484 g/mol. The Labute approximate surface area is 232 Å². The van der Waals surface area contributed by atoms with Crippen molar-refractivity contribution in [3.05, 3.63) is 0 Å². The molecule has 0 aromatic carbocycles. The molecule has 4 bridgehead atoms. The van der Waals surface area contributed by atoms with Gasteiger partial charge in [0, 0.05) is 13.0 Å². The number of aliphatic hydroxyl groups is 1. The zero-order valence-electron chi connectivity index (χ0n) is 22.8. The molecule has 7 heteroatoms. The lowest BCUT2D eigenvalue weighted by molar-refractivity contribution is -0.234. The number of carboxylic acids is 1. The Balaban J connectivity index is 0.000000248. The van der Waals surface area contributed by atoms with Gasteiger partial charge in [0.15, 0.2) is 11.6 Å². The Hall–Kier alpha value is -0.730. The molecule has 0 radical (unpaired) electrons. The lowest BCUT2D eigenvalue weighted by Crippen LogP contribution is -2.67. The molecule has 8 aliphatic rings. The van der Waals surface area contributed by atoms with Crippen molar-refractivity contribution in [1.82, 2.24) is 0 Å². The minimum absolute atomic E-state index is 0. The van der Waals surface area contributed by atoms with Gasteiger partial charge >= 0.3 is 5.97 Å². The topological polar surface area (TPSA) is 94.5 Å². The predicted molar refractivity (Wildman–Crippen MR) is 150 cm³/mol. The fourth-order valence-corrected chi connectivity index (χ4v) is 9.14. The molecule has 7 nitrogen and oxygen atoms in total. The number of aliphatic carboxylic acids is 1. The maximum atomic E-state index is 11.3. The molecule has 6 aliphatic carbocycles. The third-order valence-electron chi connectivity index (χ3n) is 10.9. The minimum atomic E-state index is -0.789. The molecule has 0 spiro atoms. The van der Waals surface area contributed by atoms with Crippen LogP contribution in [-0.2, 0) is 23.7 Å². The van der Waals surface area contributed by atoms with E-state index in [2.05, 4.69) is 27.7 Å². The normalized spacial score (nSPS) is 44.6. The first-order valence-corrected chi connectivity index (χ1v) is 13.6. The summed E-state index contributed by atoms with van der Waals surface area (Å²) in [7, 11) is 0. The van der Waals surface area contributed by atoms with E-state index in [1.54, 1.807) is 0 Å². The van der Waals surface area contributed by atoms with Crippen LogP contribution in [0.25, 0.3) is 0 Å². The van der Waals surface area contributed by atoms with Gasteiger partial charge in [0.05, 0.1) is 18.6 Å². The van der Waals surface area contributed by atoms with Gasteiger partial charge in [0.2, 0.25) is 0 Å². The highest BCUT2D eigenvalue weighted by atomic mass is 16.8. The Bertz CT molecular complexity index is 879. The first kappa shape index (κ1) is 33.5. The number of ether oxygens (including phenoxy) is 4. The second-order valence-corrected chi connectivity index (χ2v) is 14.3. The standard InChI is InChI=1S/C14H22O4.C14H24O3.3CH4/c1-12(2)8-5-9(12)14(7-11(15)16)10(6-8)17-13(3,4)18-14;1-12(2)9-7-10(12)14(5-6-15)11(8-9)16-13(3,4)17-14;;;/h8-10H,5-7H2,1-4H3,(H,15,16);9-11,15H,5-8H2,1-4H3;3*1H4/t8?,9?,10?,14-;9?,10?,11?,14-;;;/m11.../s1. The average molecular weight is 543 g/mol. The number of hydrogen-bond donors (Lipinski definition) is 2. The van der Waals surface area contributed by atoms with Crippen LogP contribution in [0.15, 0.2) is 0 Å². The molecule has 224 valence electrons. The molecule has 2 aliphatic heterocycles. The SMILES string of the molecule is C.C.C.CC1(C)OC2CC3CC(C3(C)C)[C@@]2(CC(=O)O)O1.CC1(C)OC2CC3CC(C3(C)C)[C@@]2(CCO)O1. The van der Waals surface area contributed by atoms with Crippen LogP contribution in [0.4, 0.5) is 0 Å². The van der Waals surface area contributed by atoms with Gasteiger partial charge < -0.3 is 29.2 Å². The molecule has 0 aromatic heterocycles. The van der Waals surface area contributed by atoms with Crippen LogP contribution in [0.2, 0.25) is 0 Å². The van der Waals surface area contributed by atoms with E-state index in [1.165, 1.54) is 6.42 Å². The van der Waals surface area contributed by atoms with E-state index in [4.69, 9.17) is 18.9 Å². The van der Waals surface area contributed by atoms with E-state index < -0.39 is 23.1 Å². The molecule has 6 saturated carbocycles. The summed E-state index contributed by atoms with van der Waals surface area (Å²) < 4.78 is 24.5. The molecular formula is C31H58O7. The summed E-state index contributed by atoms with van der Waals surface area (Å²) in [6.45, 7) is 17.1. The molecule has 38 heavy (non-hydrogen) atoms. The zero-order valence-corrected chi connectivity index (χ0v) is 22.8. The highest BCUT2D eigenvalue weighted by Gasteiger charge is 2.72. The molecule has 0 amide bonds. The summed E-state index contributed by atoms with van der Waals surface area (Å²) in [5.74, 6) is 0.302. The second kappa shape index (κ2) is 9.97. The Morgan fingerprint density at radius 3 is 1.50 bits per heavy atom. The number of carboxylic acid groups (broad SMARTS) is 1. The highest BCUT2D eigenvalue weighted by molar-refractivity contribution is 5.68. The minimum Gasteiger partial charge on any atom is -0.481 e. The van der Waals surface area contributed by atoms with Gasteiger partial charge in [-0.3, -0.25) is 4.79 Å². The average Bonchev–Trinajstić information content (AvgIpc) is 3.13. The highest BCUT2D eigenvalue weighted by Crippen LogP contribution is 2.69. The number of aliphatic hydroxyl groups excluding tert-OH is 1. The van der Waals surface area contributed by atoms with E-state index in [0.717, 1.165) is 25.2 Å². The second-order valence-electron chi connectivity index (χ2n) is 14.3. The zero-order chi connectivity index (χ0) is 25.8. The van der Waals surface area contributed by atoms with E-state index >= 15 is 0 Å². The fraction of sp³-hybridized carbons (Fsp3) is 0.968.